The number of fused-ring (bicyclic) bond motifs is 4. The molecule has 0 spiro atoms. The summed E-state index contributed by atoms with van der Waals surface area (Å²) in [6.07, 6.45) is 11.9. The van der Waals surface area contributed by atoms with Crippen molar-refractivity contribution in [3.63, 3.8) is 0 Å². The predicted octanol–water partition coefficient (Wildman–Crippen LogP) is 4.78. The van der Waals surface area contributed by atoms with Gasteiger partial charge in [-0.3, -0.25) is 4.79 Å². The topological polar surface area (TPSA) is 35.5 Å². The Balaban J connectivity index is 1.56. The van der Waals surface area contributed by atoms with Crippen molar-refractivity contribution < 1.29 is 14.3 Å². The van der Waals surface area contributed by atoms with Gasteiger partial charge in [-0.25, -0.2) is 0 Å². The highest BCUT2D eigenvalue weighted by atomic mass is 16.5. The second-order valence-corrected chi connectivity index (χ2v) is 8.52. The molecule has 0 amide bonds. The summed E-state index contributed by atoms with van der Waals surface area (Å²) < 4.78 is 11.2. The molecule has 4 aliphatic carbocycles. The Kier molecular flexibility index (Phi) is 4.01. The first-order valence-electron chi connectivity index (χ1n) is 9.64. The summed E-state index contributed by atoms with van der Waals surface area (Å²) in [4.78, 5) is 11.5. The molecular formula is C21H30O3. The van der Waals surface area contributed by atoms with Crippen molar-refractivity contribution in [2.45, 2.75) is 71.3 Å². The maximum atomic E-state index is 11.5. The van der Waals surface area contributed by atoms with Gasteiger partial charge in [0.25, 0.3) is 0 Å². The molecule has 0 radical (unpaired) electrons. The predicted molar refractivity (Wildman–Crippen MR) is 93.2 cm³/mol. The van der Waals surface area contributed by atoms with Crippen LogP contribution in [-0.4, -0.2) is 19.2 Å². The van der Waals surface area contributed by atoms with Crippen LogP contribution in [0.5, 0.6) is 0 Å². The molecule has 0 saturated heterocycles. The summed E-state index contributed by atoms with van der Waals surface area (Å²) in [6, 6.07) is 0. The minimum absolute atomic E-state index is 0.109. The fourth-order valence-corrected chi connectivity index (χ4v) is 6.39. The van der Waals surface area contributed by atoms with Gasteiger partial charge in [-0.15, -0.1) is 0 Å². The van der Waals surface area contributed by atoms with E-state index in [1.165, 1.54) is 32.1 Å². The fourth-order valence-electron chi connectivity index (χ4n) is 6.39. The van der Waals surface area contributed by atoms with Crippen LogP contribution in [-0.2, 0) is 14.3 Å². The van der Waals surface area contributed by atoms with E-state index in [0.717, 1.165) is 42.8 Å². The molecule has 2 fully saturated rings. The van der Waals surface area contributed by atoms with Gasteiger partial charge in [-0.05, 0) is 68.8 Å². The number of allylic oxidation sites excluding steroid dienone is 3. The zero-order chi connectivity index (χ0) is 16.9. The standard InChI is InChI=1S/C21H30O3/c1-13(22)24-20-9-8-19-18-6-4-14-12-15(23-3)5-7-16(14)17(18)10-11-21(19,20)2/h5,17-20H,4,6-12H2,1-3H3/t17-,18-,19+,20+,21+/m1/s1. The summed E-state index contributed by atoms with van der Waals surface area (Å²) in [5.74, 6) is 3.33. The summed E-state index contributed by atoms with van der Waals surface area (Å²) in [7, 11) is 1.79. The summed E-state index contributed by atoms with van der Waals surface area (Å²) in [6.45, 7) is 3.95. The van der Waals surface area contributed by atoms with Gasteiger partial charge < -0.3 is 9.47 Å². The molecule has 2 saturated carbocycles. The van der Waals surface area contributed by atoms with E-state index in [0.29, 0.717) is 0 Å². The van der Waals surface area contributed by atoms with E-state index in [1.807, 2.05) is 0 Å². The molecule has 132 valence electrons. The number of methoxy groups -OCH3 is 1. The van der Waals surface area contributed by atoms with Crippen molar-refractivity contribution in [3.05, 3.63) is 23.0 Å². The Morgan fingerprint density at radius 1 is 1.25 bits per heavy atom. The molecule has 24 heavy (non-hydrogen) atoms. The van der Waals surface area contributed by atoms with Crippen molar-refractivity contribution in [1.29, 1.82) is 0 Å². The Bertz CT molecular complexity index is 602. The van der Waals surface area contributed by atoms with Crippen molar-refractivity contribution in [1.82, 2.24) is 0 Å². The first-order valence-corrected chi connectivity index (χ1v) is 9.64. The fraction of sp³-hybridized carbons (Fsp3) is 0.762. The van der Waals surface area contributed by atoms with E-state index < -0.39 is 0 Å². The van der Waals surface area contributed by atoms with E-state index in [4.69, 9.17) is 9.47 Å². The van der Waals surface area contributed by atoms with Gasteiger partial charge in [0, 0.05) is 18.8 Å². The van der Waals surface area contributed by atoms with Gasteiger partial charge in [0.2, 0.25) is 0 Å². The van der Waals surface area contributed by atoms with Crippen LogP contribution in [0.1, 0.15) is 65.2 Å². The zero-order valence-electron chi connectivity index (χ0n) is 15.3. The monoisotopic (exact) mass is 330 g/mol. The van der Waals surface area contributed by atoms with Crippen LogP contribution < -0.4 is 0 Å². The minimum atomic E-state index is -0.109. The molecule has 0 N–H and O–H groups in total. The van der Waals surface area contributed by atoms with Crippen LogP contribution in [0, 0.1) is 23.2 Å². The second-order valence-electron chi connectivity index (χ2n) is 8.52. The molecule has 4 aliphatic rings. The zero-order valence-corrected chi connectivity index (χ0v) is 15.3. The quantitative estimate of drug-likeness (QED) is 0.540. The maximum Gasteiger partial charge on any atom is 0.302 e. The first kappa shape index (κ1) is 16.2. The number of esters is 1. The molecule has 0 aromatic carbocycles. The lowest BCUT2D eigenvalue weighted by Gasteiger charge is -2.51. The molecule has 3 heteroatoms. The summed E-state index contributed by atoms with van der Waals surface area (Å²) in [5, 5.41) is 0. The third-order valence-corrected chi connectivity index (χ3v) is 7.54. The lowest BCUT2D eigenvalue weighted by Crippen LogP contribution is -2.46. The van der Waals surface area contributed by atoms with Gasteiger partial charge >= 0.3 is 5.97 Å². The van der Waals surface area contributed by atoms with Crippen molar-refractivity contribution >= 4 is 5.97 Å². The van der Waals surface area contributed by atoms with Crippen molar-refractivity contribution in [2.75, 3.05) is 7.11 Å². The number of rotatable bonds is 2. The normalized spacial score (nSPS) is 41.0. The van der Waals surface area contributed by atoms with Crippen molar-refractivity contribution in [2.24, 2.45) is 23.2 Å². The molecule has 4 rings (SSSR count). The van der Waals surface area contributed by atoms with Gasteiger partial charge in [-0.2, -0.15) is 0 Å². The highest BCUT2D eigenvalue weighted by Gasteiger charge is 2.56. The Morgan fingerprint density at radius 2 is 2.08 bits per heavy atom. The van der Waals surface area contributed by atoms with Crippen LogP contribution in [0.3, 0.4) is 0 Å². The average molecular weight is 330 g/mol. The van der Waals surface area contributed by atoms with Crippen LogP contribution >= 0.6 is 0 Å². The van der Waals surface area contributed by atoms with E-state index in [1.54, 1.807) is 25.2 Å². The number of hydrogen-bond donors (Lipinski definition) is 0. The van der Waals surface area contributed by atoms with Gasteiger partial charge in [0.1, 0.15) is 6.10 Å². The van der Waals surface area contributed by atoms with E-state index in [9.17, 15) is 4.79 Å². The van der Waals surface area contributed by atoms with Gasteiger partial charge in [0.05, 0.1) is 12.9 Å². The molecule has 0 unspecified atom stereocenters. The SMILES string of the molecule is COC1=CCC2=C(CC[C@@H]3[C@@H]2CC[C@]2(C)[C@@H](OC(C)=O)CC[C@@H]32)C1. The lowest BCUT2D eigenvalue weighted by molar-refractivity contribution is -0.155. The maximum absolute atomic E-state index is 11.5. The summed E-state index contributed by atoms with van der Waals surface area (Å²) in [5.41, 5.74) is 3.59. The van der Waals surface area contributed by atoms with Gasteiger partial charge in [-0.1, -0.05) is 18.1 Å². The van der Waals surface area contributed by atoms with E-state index >= 15 is 0 Å². The van der Waals surface area contributed by atoms with E-state index in [2.05, 4.69) is 13.0 Å². The van der Waals surface area contributed by atoms with E-state index in [-0.39, 0.29) is 17.5 Å². The molecular weight excluding hydrogens is 300 g/mol. The number of carbonyl (C=O) groups excluding carboxylic acids is 1. The Hall–Kier alpha value is -1.25. The molecule has 0 aromatic heterocycles. The Morgan fingerprint density at radius 3 is 2.83 bits per heavy atom. The molecule has 0 aliphatic heterocycles. The highest BCUT2D eigenvalue weighted by Crippen LogP contribution is 2.61. The molecule has 0 bridgehead atoms. The average Bonchev–Trinajstić information content (AvgIpc) is 2.90. The Labute approximate surface area is 145 Å². The largest absolute Gasteiger partial charge is 0.501 e. The third kappa shape index (κ3) is 2.43. The number of ether oxygens (including phenoxy) is 2. The molecule has 5 atom stereocenters. The van der Waals surface area contributed by atoms with Crippen LogP contribution in [0.25, 0.3) is 0 Å². The van der Waals surface area contributed by atoms with Crippen molar-refractivity contribution in [3.8, 4) is 0 Å². The number of carbonyl (C=O) groups is 1. The van der Waals surface area contributed by atoms with Crippen LogP contribution in [0.4, 0.5) is 0 Å². The lowest BCUT2D eigenvalue weighted by atomic mass is 9.54. The smallest absolute Gasteiger partial charge is 0.302 e. The summed E-state index contributed by atoms with van der Waals surface area (Å²) >= 11 is 0. The number of hydrogen-bond acceptors (Lipinski definition) is 3. The molecule has 0 heterocycles. The minimum Gasteiger partial charge on any atom is -0.501 e. The highest BCUT2D eigenvalue weighted by molar-refractivity contribution is 5.66. The second kappa shape index (κ2) is 5.93. The van der Waals surface area contributed by atoms with Crippen LogP contribution in [0.15, 0.2) is 23.0 Å². The van der Waals surface area contributed by atoms with Crippen LogP contribution in [0.2, 0.25) is 0 Å². The van der Waals surface area contributed by atoms with Gasteiger partial charge in [0.15, 0.2) is 0 Å². The molecule has 3 nitrogen and oxygen atoms in total. The molecule has 0 aromatic rings. The first-order chi connectivity index (χ1) is 11.5. The third-order valence-electron chi connectivity index (χ3n) is 7.54.